The van der Waals surface area contributed by atoms with Crippen molar-refractivity contribution in [1.29, 1.82) is 0 Å². The van der Waals surface area contributed by atoms with E-state index in [9.17, 15) is 5.11 Å². The summed E-state index contributed by atoms with van der Waals surface area (Å²) in [5.74, 6) is 1.02. The quantitative estimate of drug-likeness (QED) is 0.884. The minimum atomic E-state index is -2.17. The number of benzene rings is 2. The highest BCUT2D eigenvalue weighted by atomic mass is 32.4. The lowest BCUT2D eigenvalue weighted by Crippen LogP contribution is -2.09. The molecule has 1 heterocycles. The van der Waals surface area contributed by atoms with Crippen molar-refractivity contribution < 1.29 is 14.5 Å². The average Bonchev–Trinajstić information content (AvgIpc) is 2.92. The van der Waals surface area contributed by atoms with Gasteiger partial charge in [-0.2, -0.15) is 0 Å². The summed E-state index contributed by atoms with van der Waals surface area (Å²) in [5, 5.41) is 14.5. The van der Waals surface area contributed by atoms with Gasteiger partial charge in [-0.25, -0.2) is 0 Å². The molecule has 0 saturated carbocycles. The van der Waals surface area contributed by atoms with Gasteiger partial charge in [0.05, 0.1) is 19.0 Å². The number of phenolic OH excluding ortho intramolecular Hbond substituents is 1. The number of aromatic hydroxyl groups is 1. The fourth-order valence-corrected chi connectivity index (χ4v) is 4.75. The van der Waals surface area contributed by atoms with Gasteiger partial charge in [-0.3, -0.25) is 0 Å². The Morgan fingerprint density at radius 1 is 1.14 bits per heavy atom. The molecule has 1 atom stereocenters. The average molecular weight is 319 g/mol. The van der Waals surface area contributed by atoms with Crippen LogP contribution in [-0.2, 0) is 16.4 Å². The summed E-state index contributed by atoms with van der Waals surface area (Å²) in [5.41, 5.74) is 1.75. The van der Waals surface area contributed by atoms with Crippen molar-refractivity contribution in [2.24, 2.45) is 5.16 Å². The number of oxime groups is 1. The smallest absolute Gasteiger partial charge is 0.179 e. The number of hydrogen-bond donors (Lipinski definition) is 1. The Morgan fingerprint density at radius 3 is 2.43 bits per heavy atom. The Labute approximate surface area is 128 Å². The fourth-order valence-electron chi connectivity index (χ4n) is 2.12. The Balaban J connectivity index is 1.83. The molecule has 0 fully saturated rings. The van der Waals surface area contributed by atoms with Crippen molar-refractivity contribution in [1.82, 2.24) is 0 Å². The molecule has 21 heavy (non-hydrogen) atoms. The summed E-state index contributed by atoms with van der Waals surface area (Å²) in [6, 6.07) is 14.5. The third-order valence-electron chi connectivity index (χ3n) is 3.31. The van der Waals surface area contributed by atoms with Crippen molar-refractivity contribution in [3.63, 3.8) is 0 Å². The van der Waals surface area contributed by atoms with Crippen molar-refractivity contribution in [3.8, 4) is 11.5 Å². The lowest BCUT2D eigenvalue weighted by atomic mass is 10.1. The molecule has 2 aromatic carbocycles. The minimum absolute atomic E-state index is 0.229. The molecule has 1 aliphatic rings. The first-order valence-corrected chi connectivity index (χ1v) is 9.30. The molecule has 6 heteroatoms. The summed E-state index contributed by atoms with van der Waals surface area (Å²) < 4.78 is 10.8. The number of ether oxygens (including phenoxy) is 1. The maximum absolute atomic E-state index is 9.33. The highest BCUT2D eigenvalue weighted by Gasteiger charge is 2.31. The molecule has 0 saturated heterocycles. The third-order valence-corrected chi connectivity index (χ3v) is 6.67. The molecule has 1 unspecified atom stereocenters. The predicted molar refractivity (Wildman–Crippen MR) is 87.5 cm³/mol. The normalized spacial score (nSPS) is 20.7. The third kappa shape index (κ3) is 2.80. The zero-order valence-corrected chi connectivity index (χ0v) is 13.1. The topological polar surface area (TPSA) is 51.0 Å². The first-order valence-electron chi connectivity index (χ1n) is 6.39. The van der Waals surface area contributed by atoms with Crippen molar-refractivity contribution in [2.75, 3.05) is 13.3 Å². The van der Waals surface area contributed by atoms with Crippen LogP contribution in [0.2, 0.25) is 0 Å². The summed E-state index contributed by atoms with van der Waals surface area (Å²) in [6.07, 6.45) is -1.56. The van der Waals surface area contributed by atoms with Crippen LogP contribution in [0.3, 0.4) is 0 Å². The fraction of sp³-hybridized carbons (Fsp3) is 0.133. The Kier molecular flexibility index (Phi) is 3.70. The van der Waals surface area contributed by atoms with Gasteiger partial charge in [0, 0.05) is 10.9 Å². The van der Waals surface area contributed by atoms with Gasteiger partial charge in [-0.05, 0) is 60.3 Å². The highest BCUT2D eigenvalue weighted by Crippen LogP contribution is 2.51. The van der Waals surface area contributed by atoms with Crippen LogP contribution in [0.15, 0.2) is 53.7 Å². The minimum Gasteiger partial charge on any atom is -0.508 e. The van der Waals surface area contributed by atoms with Crippen LogP contribution < -0.4 is 10.0 Å². The van der Waals surface area contributed by atoms with E-state index in [0.717, 1.165) is 22.3 Å². The second-order valence-electron chi connectivity index (χ2n) is 4.70. The molecule has 0 amide bonds. The summed E-state index contributed by atoms with van der Waals surface area (Å²) in [7, 11) is 1.63. The molecular weight excluding hydrogens is 305 g/mol. The van der Waals surface area contributed by atoms with Gasteiger partial charge in [-0.1, -0.05) is 5.16 Å². The van der Waals surface area contributed by atoms with Crippen LogP contribution >= 0.6 is 6.26 Å². The van der Waals surface area contributed by atoms with Gasteiger partial charge >= 0.3 is 0 Å². The largest absolute Gasteiger partial charge is 0.508 e. The van der Waals surface area contributed by atoms with Gasteiger partial charge in [-0.15, -0.1) is 0 Å². The SMILES string of the molecule is COc1ccc(P2(=S)CC(c3ccc(O)cc3)=NO2)cc1. The van der Waals surface area contributed by atoms with Crippen LogP contribution in [0, 0.1) is 0 Å². The summed E-state index contributed by atoms with van der Waals surface area (Å²) in [4.78, 5) is 0. The maximum Gasteiger partial charge on any atom is 0.179 e. The molecule has 0 aliphatic carbocycles. The van der Waals surface area contributed by atoms with E-state index in [4.69, 9.17) is 21.2 Å². The molecular formula is C15H14NO3PS. The Hall–Kier alpha value is -1.84. The Bertz CT molecular complexity index is 726. The van der Waals surface area contributed by atoms with Crippen LogP contribution in [0.5, 0.6) is 11.5 Å². The zero-order valence-electron chi connectivity index (χ0n) is 11.4. The van der Waals surface area contributed by atoms with Gasteiger partial charge < -0.3 is 14.5 Å². The highest BCUT2D eigenvalue weighted by molar-refractivity contribution is 8.16. The van der Waals surface area contributed by atoms with Crippen LogP contribution in [0.1, 0.15) is 5.56 Å². The van der Waals surface area contributed by atoms with E-state index in [1.807, 2.05) is 36.4 Å². The van der Waals surface area contributed by atoms with Crippen LogP contribution in [0.4, 0.5) is 0 Å². The number of nitrogens with zero attached hydrogens (tertiary/aromatic N) is 1. The molecule has 2 aromatic rings. The lowest BCUT2D eigenvalue weighted by Gasteiger charge is -2.13. The van der Waals surface area contributed by atoms with E-state index in [2.05, 4.69) is 5.16 Å². The zero-order chi connectivity index (χ0) is 14.9. The van der Waals surface area contributed by atoms with E-state index < -0.39 is 6.26 Å². The van der Waals surface area contributed by atoms with E-state index in [1.54, 1.807) is 19.2 Å². The number of methoxy groups -OCH3 is 1. The molecule has 0 radical (unpaired) electrons. The van der Waals surface area contributed by atoms with Crippen LogP contribution in [0.25, 0.3) is 0 Å². The standard InChI is InChI=1S/C15H14NO3PS/c1-18-13-6-8-14(9-7-13)20(21)10-15(16-19-20)11-2-4-12(17)5-3-11/h2-9,17H,10H2,1H3. The molecule has 0 spiro atoms. The molecule has 108 valence electrons. The van der Waals surface area contributed by atoms with Crippen molar-refractivity contribution >= 4 is 29.1 Å². The summed E-state index contributed by atoms with van der Waals surface area (Å²) >= 11 is 5.70. The van der Waals surface area contributed by atoms with Gasteiger partial charge in [0.25, 0.3) is 0 Å². The van der Waals surface area contributed by atoms with E-state index in [-0.39, 0.29) is 5.75 Å². The molecule has 1 N–H and O–H groups in total. The first-order chi connectivity index (χ1) is 10.1. The number of rotatable bonds is 3. The van der Waals surface area contributed by atoms with Crippen molar-refractivity contribution in [3.05, 3.63) is 54.1 Å². The second-order valence-corrected chi connectivity index (χ2v) is 8.81. The molecule has 1 aliphatic heterocycles. The van der Waals surface area contributed by atoms with Gasteiger partial charge in [0.1, 0.15) is 11.5 Å². The predicted octanol–water partition coefficient (Wildman–Crippen LogP) is 2.86. The van der Waals surface area contributed by atoms with E-state index in [1.165, 1.54) is 0 Å². The first kappa shape index (κ1) is 14.1. The number of phenols is 1. The second kappa shape index (κ2) is 5.51. The summed E-state index contributed by atoms with van der Waals surface area (Å²) in [6.45, 7) is 0. The van der Waals surface area contributed by atoms with Crippen LogP contribution in [-0.4, -0.2) is 24.1 Å². The van der Waals surface area contributed by atoms with Gasteiger partial charge in [0.15, 0.2) is 6.26 Å². The number of hydrogen-bond acceptors (Lipinski definition) is 5. The van der Waals surface area contributed by atoms with E-state index in [0.29, 0.717) is 6.16 Å². The molecule has 0 aromatic heterocycles. The van der Waals surface area contributed by atoms with E-state index >= 15 is 0 Å². The molecule has 3 rings (SSSR count). The van der Waals surface area contributed by atoms with Gasteiger partial charge in [0.2, 0.25) is 0 Å². The van der Waals surface area contributed by atoms with Crippen molar-refractivity contribution in [2.45, 2.75) is 0 Å². The monoisotopic (exact) mass is 319 g/mol. The Morgan fingerprint density at radius 2 is 1.81 bits per heavy atom. The maximum atomic E-state index is 9.33. The molecule has 4 nitrogen and oxygen atoms in total. The lowest BCUT2D eigenvalue weighted by molar-refractivity contribution is 0.397. The molecule has 0 bridgehead atoms.